The van der Waals surface area contributed by atoms with E-state index in [1.54, 1.807) is 22.5 Å². The van der Waals surface area contributed by atoms with Crippen LogP contribution < -0.4 is 9.47 Å². The predicted molar refractivity (Wildman–Crippen MR) is 87.4 cm³/mol. The van der Waals surface area contributed by atoms with Crippen LogP contribution in [0.2, 0.25) is 0 Å². The Morgan fingerprint density at radius 3 is 2.22 bits per heavy atom. The van der Waals surface area contributed by atoms with Gasteiger partial charge >= 0.3 is 0 Å². The van der Waals surface area contributed by atoms with Gasteiger partial charge in [0.1, 0.15) is 11.5 Å². The highest BCUT2D eigenvalue weighted by Gasteiger charge is 2.41. The molecule has 2 heterocycles. The van der Waals surface area contributed by atoms with E-state index in [1.165, 1.54) is 14.2 Å². The molecule has 0 amide bonds. The van der Waals surface area contributed by atoms with Crippen molar-refractivity contribution >= 4 is 10.0 Å². The van der Waals surface area contributed by atoms with E-state index in [0.717, 1.165) is 19.5 Å². The summed E-state index contributed by atoms with van der Waals surface area (Å²) in [6, 6.07) is 4.80. The van der Waals surface area contributed by atoms with Crippen LogP contribution in [0.3, 0.4) is 0 Å². The third-order valence-electron chi connectivity index (χ3n) is 4.93. The van der Waals surface area contributed by atoms with Crippen LogP contribution in [0.5, 0.6) is 11.5 Å². The number of piperidine rings is 1. The summed E-state index contributed by atoms with van der Waals surface area (Å²) in [5.74, 6) is 1.86. The SMILES string of the molecule is COc1cc(OC)cc(S(=O)(=O)N2CC3CCN(C)CC3C2)c1. The van der Waals surface area contributed by atoms with Gasteiger partial charge in [-0.25, -0.2) is 8.42 Å². The van der Waals surface area contributed by atoms with Crippen molar-refractivity contribution in [2.75, 3.05) is 47.4 Å². The first kappa shape index (κ1) is 16.5. The van der Waals surface area contributed by atoms with Crippen molar-refractivity contribution in [1.82, 2.24) is 9.21 Å². The molecule has 2 unspecified atom stereocenters. The van der Waals surface area contributed by atoms with Crippen molar-refractivity contribution in [1.29, 1.82) is 0 Å². The highest BCUT2D eigenvalue weighted by molar-refractivity contribution is 7.89. The van der Waals surface area contributed by atoms with Gasteiger partial charge in [-0.1, -0.05) is 0 Å². The molecule has 2 aliphatic rings. The van der Waals surface area contributed by atoms with E-state index in [0.29, 0.717) is 36.4 Å². The van der Waals surface area contributed by atoms with E-state index in [2.05, 4.69) is 11.9 Å². The summed E-state index contributed by atoms with van der Waals surface area (Å²) in [5, 5.41) is 0. The monoisotopic (exact) mass is 340 g/mol. The Labute approximate surface area is 138 Å². The van der Waals surface area contributed by atoms with E-state index >= 15 is 0 Å². The molecule has 0 radical (unpaired) electrons. The lowest BCUT2D eigenvalue weighted by atomic mass is 9.89. The van der Waals surface area contributed by atoms with E-state index in [9.17, 15) is 8.42 Å². The maximum Gasteiger partial charge on any atom is 0.243 e. The zero-order valence-electron chi connectivity index (χ0n) is 13.9. The molecule has 0 spiro atoms. The number of hydrogen-bond donors (Lipinski definition) is 0. The van der Waals surface area contributed by atoms with E-state index in [1.807, 2.05) is 0 Å². The summed E-state index contributed by atoms with van der Waals surface area (Å²) in [5.41, 5.74) is 0. The molecule has 0 aliphatic carbocycles. The van der Waals surface area contributed by atoms with Crippen LogP contribution in [0.1, 0.15) is 6.42 Å². The first-order valence-electron chi connectivity index (χ1n) is 7.86. The van der Waals surface area contributed by atoms with Crippen molar-refractivity contribution in [3.63, 3.8) is 0 Å². The van der Waals surface area contributed by atoms with Crippen molar-refractivity contribution in [2.24, 2.45) is 11.8 Å². The van der Waals surface area contributed by atoms with Gasteiger partial charge in [0.25, 0.3) is 0 Å². The van der Waals surface area contributed by atoms with E-state index < -0.39 is 10.0 Å². The van der Waals surface area contributed by atoms with Crippen molar-refractivity contribution in [3.05, 3.63) is 18.2 Å². The van der Waals surface area contributed by atoms with E-state index in [4.69, 9.17) is 9.47 Å². The molecule has 7 heteroatoms. The number of likely N-dealkylation sites (tertiary alicyclic amines) is 1. The second-order valence-corrected chi connectivity index (χ2v) is 8.38. The Morgan fingerprint density at radius 2 is 1.61 bits per heavy atom. The molecule has 23 heavy (non-hydrogen) atoms. The predicted octanol–water partition coefficient (Wildman–Crippen LogP) is 1.28. The average molecular weight is 340 g/mol. The minimum atomic E-state index is -3.52. The number of rotatable bonds is 4. The first-order chi connectivity index (χ1) is 10.9. The molecule has 6 nitrogen and oxygen atoms in total. The second-order valence-electron chi connectivity index (χ2n) is 6.44. The normalized spacial score (nSPS) is 26.0. The Hall–Kier alpha value is -1.31. The molecule has 2 saturated heterocycles. The minimum absolute atomic E-state index is 0.237. The number of sulfonamides is 1. The van der Waals surface area contributed by atoms with E-state index in [-0.39, 0.29) is 4.90 Å². The number of methoxy groups -OCH3 is 2. The quantitative estimate of drug-likeness (QED) is 0.826. The maximum absolute atomic E-state index is 13.0. The topological polar surface area (TPSA) is 59.1 Å². The lowest BCUT2D eigenvalue weighted by Crippen LogP contribution is -2.37. The van der Waals surface area contributed by atoms with Gasteiger partial charge in [-0.2, -0.15) is 4.31 Å². The molecule has 2 fully saturated rings. The van der Waals surface area contributed by atoms with Gasteiger partial charge in [0.2, 0.25) is 10.0 Å². The molecule has 0 aromatic heterocycles. The van der Waals surface area contributed by atoms with Gasteiger partial charge in [0.15, 0.2) is 0 Å². The fourth-order valence-electron chi connectivity index (χ4n) is 3.58. The number of hydrogen-bond acceptors (Lipinski definition) is 5. The first-order valence-corrected chi connectivity index (χ1v) is 9.30. The number of ether oxygens (including phenoxy) is 2. The lowest BCUT2D eigenvalue weighted by Gasteiger charge is -2.31. The van der Waals surface area contributed by atoms with Crippen LogP contribution >= 0.6 is 0 Å². The summed E-state index contributed by atoms with van der Waals surface area (Å²) in [7, 11) is 1.61. The fraction of sp³-hybridized carbons (Fsp3) is 0.625. The molecule has 3 rings (SSSR count). The minimum Gasteiger partial charge on any atom is -0.497 e. The molecule has 0 saturated carbocycles. The molecule has 1 aromatic rings. The van der Waals surface area contributed by atoms with Gasteiger partial charge in [0, 0.05) is 37.8 Å². The molecule has 128 valence electrons. The zero-order chi connectivity index (χ0) is 16.6. The Balaban J connectivity index is 1.87. The Morgan fingerprint density at radius 1 is 1.00 bits per heavy atom. The third-order valence-corrected chi connectivity index (χ3v) is 6.74. The maximum atomic E-state index is 13.0. The molecule has 2 aliphatic heterocycles. The highest BCUT2D eigenvalue weighted by atomic mass is 32.2. The van der Waals surface area contributed by atoms with Crippen LogP contribution in [0, 0.1) is 11.8 Å². The largest absolute Gasteiger partial charge is 0.497 e. The zero-order valence-corrected chi connectivity index (χ0v) is 14.7. The van der Waals surface area contributed by atoms with Crippen LogP contribution in [-0.2, 0) is 10.0 Å². The van der Waals surface area contributed by atoms with Gasteiger partial charge in [-0.15, -0.1) is 0 Å². The number of benzene rings is 1. The highest BCUT2D eigenvalue weighted by Crippen LogP contribution is 2.35. The molecular formula is C16H24N2O4S. The smallest absolute Gasteiger partial charge is 0.243 e. The average Bonchev–Trinajstić information content (AvgIpc) is 2.98. The molecule has 1 aromatic carbocycles. The van der Waals surface area contributed by atoms with Gasteiger partial charge in [-0.3, -0.25) is 0 Å². The molecule has 0 bridgehead atoms. The van der Waals surface area contributed by atoms with Crippen LogP contribution in [0.25, 0.3) is 0 Å². The van der Waals surface area contributed by atoms with Crippen molar-refractivity contribution < 1.29 is 17.9 Å². The molecule has 2 atom stereocenters. The second kappa shape index (κ2) is 6.30. The van der Waals surface area contributed by atoms with Gasteiger partial charge in [0.05, 0.1) is 19.1 Å². The van der Waals surface area contributed by atoms with Crippen LogP contribution in [0.4, 0.5) is 0 Å². The van der Waals surface area contributed by atoms with Crippen LogP contribution in [-0.4, -0.2) is 65.1 Å². The summed E-state index contributed by atoms with van der Waals surface area (Å²) < 4.78 is 38.0. The van der Waals surface area contributed by atoms with Crippen LogP contribution in [0.15, 0.2) is 23.1 Å². The Bertz CT molecular complexity index is 654. The standard InChI is InChI=1S/C16H24N2O4S/c1-17-5-4-12-10-18(11-13(12)9-17)23(19,20)16-7-14(21-2)6-15(8-16)22-3/h6-8,12-13H,4-5,9-11H2,1-3H3. The number of fused-ring (bicyclic) bond motifs is 1. The molecule has 0 N–H and O–H groups in total. The Kier molecular flexibility index (Phi) is 4.53. The van der Waals surface area contributed by atoms with Gasteiger partial charge < -0.3 is 14.4 Å². The fourth-order valence-corrected chi connectivity index (χ4v) is 5.19. The van der Waals surface area contributed by atoms with Gasteiger partial charge in [-0.05, 0) is 31.8 Å². The van der Waals surface area contributed by atoms with Crippen molar-refractivity contribution in [2.45, 2.75) is 11.3 Å². The third kappa shape index (κ3) is 3.18. The summed E-state index contributed by atoms with van der Waals surface area (Å²) in [6.07, 6.45) is 1.06. The summed E-state index contributed by atoms with van der Waals surface area (Å²) in [4.78, 5) is 2.52. The number of nitrogens with zero attached hydrogens (tertiary/aromatic N) is 2. The summed E-state index contributed by atoms with van der Waals surface area (Å²) >= 11 is 0. The molecular weight excluding hydrogens is 316 g/mol. The summed E-state index contributed by atoms with van der Waals surface area (Å²) in [6.45, 7) is 3.22. The van der Waals surface area contributed by atoms with Crippen molar-refractivity contribution in [3.8, 4) is 11.5 Å². The lowest BCUT2D eigenvalue weighted by molar-refractivity contribution is 0.178.